The number of aromatic amines is 1. The molecule has 1 aromatic heterocycles. The van der Waals surface area contributed by atoms with E-state index in [2.05, 4.69) is 18.8 Å². The molecule has 0 spiro atoms. The van der Waals surface area contributed by atoms with Gasteiger partial charge in [0, 0.05) is 42.9 Å². The summed E-state index contributed by atoms with van der Waals surface area (Å²) < 4.78 is 27.9. The van der Waals surface area contributed by atoms with Crippen LogP contribution in [0.5, 0.6) is 0 Å². The van der Waals surface area contributed by atoms with Crippen molar-refractivity contribution in [1.82, 2.24) is 9.29 Å². The largest absolute Gasteiger partial charge is 0.362 e. The maximum absolute atomic E-state index is 13.2. The molecule has 1 fully saturated rings. The van der Waals surface area contributed by atoms with Gasteiger partial charge in [-0.2, -0.15) is 4.31 Å². The van der Waals surface area contributed by atoms with E-state index in [0.29, 0.717) is 30.8 Å². The number of hydrogen-bond donors (Lipinski definition) is 1. The van der Waals surface area contributed by atoms with E-state index in [9.17, 15) is 13.2 Å². The van der Waals surface area contributed by atoms with Gasteiger partial charge in [-0.15, -0.1) is 0 Å². The molecule has 0 radical (unpaired) electrons. The Morgan fingerprint density at radius 3 is 2.50 bits per heavy atom. The van der Waals surface area contributed by atoms with Crippen LogP contribution >= 0.6 is 0 Å². The number of sulfonamides is 1. The Morgan fingerprint density at radius 1 is 1.11 bits per heavy atom. The van der Waals surface area contributed by atoms with Gasteiger partial charge in [0.15, 0.2) is 5.78 Å². The van der Waals surface area contributed by atoms with Crippen molar-refractivity contribution in [3.05, 3.63) is 52.3 Å². The zero-order valence-electron chi connectivity index (χ0n) is 16.8. The molecule has 5 nitrogen and oxygen atoms in total. The van der Waals surface area contributed by atoms with Gasteiger partial charge in [-0.1, -0.05) is 32.0 Å². The zero-order chi connectivity index (χ0) is 20.1. The lowest BCUT2D eigenvalue weighted by atomic mass is 9.75. The summed E-state index contributed by atoms with van der Waals surface area (Å²) in [7, 11) is -3.50. The molecule has 0 atom stereocenters. The van der Waals surface area contributed by atoms with Gasteiger partial charge in [0.05, 0.1) is 4.90 Å². The molecule has 1 saturated heterocycles. The molecule has 0 bridgehead atoms. The third-order valence-corrected chi connectivity index (χ3v) is 7.99. The molecule has 1 aromatic carbocycles. The molecule has 2 aliphatic rings. The monoisotopic (exact) mass is 400 g/mol. The molecule has 1 aliphatic carbocycles. The average molecular weight is 401 g/mol. The molecule has 0 saturated carbocycles. The highest BCUT2D eigenvalue weighted by molar-refractivity contribution is 7.89. The molecule has 4 rings (SSSR count). The van der Waals surface area contributed by atoms with Crippen LogP contribution in [0, 0.1) is 12.3 Å². The lowest BCUT2D eigenvalue weighted by molar-refractivity contribution is 0.0911. The Morgan fingerprint density at radius 2 is 1.79 bits per heavy atom. The van der Waals surface area contributed by atoms with E-state index in [1.54, 1.807) is 16.4 Å². The normalized spacial score (nSPS) is 19.8. The number of H-pyrrole nitrogens is 1. The second kappa shape index (κ2) is 6.85. The third-order valence-electron chi connectivity index (χ3n) is 5.99. The zero-order valence-corrected chi connectivity index (χ0v) is 17.7. The van der Waals surface area contributed by atoms with Crippen LogP contribution in [0.2, 0.25) is 0 Å². The van der Waals surface area contributed by atoms with E-state index in [4.69, 9.17) is 0 Å². The van der Waals surface area contributed by atoms with Gasteiger partial charge in [-0.05, 0) is 48.8 Å². The van der Waals surface area contributed by atoms with Crippen molar-refractivity contribution in [3.63, 3.8) is 0 Å². The molecule has 0 amide bonds. The summed E-state index contributed by atoms with van der Waals surface area (Å²) >= 11 is 0. The number of carbonyl (C=O) groups excluding carboxylic acids is 1. The highest BCUT2D eigenvalue weighted by Crippen LogP contribution is 2.38. The minimum Gasteiger partial charge on any atom is -0.362 e. The van der Waals surface area contributed by atoms with Crippen LogP contribution in [-0.4, -0.2) is 36.6 Å². The van der Waals surface area contributed by atoms with Crippen LogP contribution in [0.25, 0.3) is 0 Å². The topological polar surface area (TPSA) is 70.2 Å². The molecule has 1 aliphatic heterocycles. The van der Waals surface area contributed by atoms with E-state index >= 15 is 0 Å². The van der Waals surface area contributed by atoms with Gasteiger partial charge in [0.1, 0.15) is 0 Å². The number of hydrogen-bond acceptors (Lipinski definition) is 3. The number of rotatable bonds is 4. The fourth-order valence-electron chi connectivity index (χ4n) is 4.65. The van der Waals surface area contributed by atoms with E-state index in [0.717, 1.165) is 47.3 Å². The second-order valence-corrected chi connectivity index (χ2v) is 10.8. The van der Waals surface area contributed by atoms with Gasteiger partial charge >= 0.3 is 0 Å². The van der Waals surface area contributed by atoms with Gasteiger partial charge < -0.3 is 4.98 Å². The van der Waals surface area contributed by atoms with Gasteiger partial charge in [-0.3, -0.25) is 4.79 Å². The van der Waals surface area contributed by atoms with Crippen molar-refractivity contribution in [2.75, 3.05) is 13.1 Å². The highest BCUT2D eigenvalue weighted by atomic mass is 32.2. The van der Waals surface area contributed by atoms with Crippen molar-refractivity contribution in [2.24, 2.45) is 5.41 Å². The highest BCUT2D eigenvalue weighted by Gasteiger charge is 2.35. The quantitative estimate of drug-likeness (QED) is 0.847. The molecule has 0 unspecified atom stereocenters. The number of fused-ring (bicyclic) bond motifs is 1. The fraction of sp³-hybridized carbons (Fsp3) is 0.500. The average Bonchev–Trinajstić information content (AvgIpc) is 3.23. The van der Waals surface area contributed by atoms with E-state index < -0.39 is 10.0 Å². The summed E-state index contributed by atoms with van der Waals surface area (Å²) in [4.78, 5) is 16.6. The molecular formula is C22H28N2O3S. The summed E-state index contributed by atoms with van der Waals surface area (Å²) in [5, 5.41) is 0. The number of carbonyl (C=O) groups is 1. The number of aromatic nitrogens is 1. The lowest BCUT2D eigenvalue weighted by Gasteiger charge is -2.28. The Hall–Kier alpha value is -1.92. The predicted molar refractivity (Wildman–Crippen MR) is 109 cm³/mol. The number of benzene rings is 1. The van der Waals surface area contributed by atoms with E-state index in [1.807, 2.05) is 19.1 Å². The molecule has 1 N–H and O–H groups in total. The Balaban J connectivity index is 1.75. The van der Waals surface area contributed by atoms with Crippen LogP contribution in [0.1, 0.15) is 66.0 Å². The van der Waals surface area contributed by atoms with Gasteiger partial charge in [-0.25, -0.2) is 8.42 Å². The molecule has 6 heteroatoms. The van der Waals surface area contributed by atoms with Gasteiger partial charge in [0.2, 0.25) is 10.0 Å². The van der Waals surface area contributed by atoms with Crippen molar-refractivity contribution in [1.29, 1.82) is 0 Å². The molecule has 150 valence electrons. The lowest BCUT2D eigenvalue weighted by Crippen LogP contribution is -2.29. The van der Waals surface area contributed by atoms with E-state index in [1.165, 1.54) is 0 Å². The van der Waals surface area contributed by atoms with Crippen molar-refractivity contribution < 1.29 is 13.2 Å². The van der Waals surface area contributed by atoms with Crippen molar-refractivity contribution >= 4 is 15.8 Å². The van der Waals surface area contributed by atoms with Crippen LogP contribution < -0.4 is 0 Å². The minimum absolute atomic E-state index is 0.0460. The van der Waals surface area contributed by atoms with E-state index in [-0.39, 0.29) is 11.2 Å². The number of ketones is 1. The second-order valence-electron chi connectivity index (χ2n) is 8.92. The molecule has 2 heterocycles. The first-order valence-corrected chi connectivity index (χ1v) is 11.4. The first-order chi connectivity index (χ1) is 13.2. The minimum atomic E-state index is -3.50. The fourth-order valence-corrected chi connectivity index (χ4v) is 6.39. The molecule has 2 aromatic rings. The maximum Gasteiger partial charge on any atom is 0.243 e. The number of nitrogens with one attached hydrogen (secondary N) is 1. The van der Waals surface area contributed by atoms with Crippen LogP contribution in [0.3, 0.4) is 0 Å². The Labute approximate surface area is 167 Å². The first-order valence-electron chi connectivity index (χ1n) is 10.0. The summed E-state index contributed by atoms with van der Waals surface area (Å²) in [5.41, 5.74) is 4.40. The standard InChI is InChI=1S/C22H28N2O3S/c1-15-17(21-18(23-15)13-22(2,3)14-19(21)25)12-16-8-4-5-9-20(16)28(26,27)24-10-6-7-11-24/h4-5,8-9,23H,6-7,10-14H2,1-3H3. The number of Topliss-reactive ketones (excluding diaryl/α,β-unsaturated/α-hetero) is 1. The van der Waals surface area contributed by atoms with Crippen molar-refractivity contribution in [3.8, 4) is 0 Å². The van der Waals surface area contributed by atoms with Crippen LogP contribution in [0.15, 0.2) is 29.2 Å². The van der Waals surface area contributed by atoms with Crippen molar-refractivity contribution in [2.45, 2.75) is 57.8 Å². The molecular weight excluding hydrogens is 372 g/mol. The summed E-state index contributed by atoms with van der Waals surface area (Å²) in [5.74, 6) is 0.158. The SMILES string of the molecule is Cc1[nH]c2c(c1Cc1ccccc1S(=O)(=O)N1CCCC1)C(=O)CC(C)(C)C2. The predicted octanol–water partition coefficient (Wildman–Crippen LogP) is 3.85. The summed E-state index contributed by atoms with van der Waals surface area (Å²) in [6.07, 6.45) is 3.64. The smallest absolute Gasteiger partial charge is 0.243 e. The maximum atomic E-state index is 13.2. The third kappa shape index (κ3) is 3.33. The first kappa shape index (κ1) is 19.4. The summed E-state index contributed by atoms with van der Waals surface area (Å²) in [6, 6.07) is 7.22. The number of nitrogens with zero attached hydrogens (tertiary/aromatic N) is 1. The van der Waals surface area contributed by atoms with Gasteiger partial charge in [0.25, 0.3) is 0 Å². The van der Waals surface area contributed by atoms with Crippen LogP contribution in [0.4, 0.5) is 0 Å². The van der Waals surface area contributed by atoms with Crippen LogP contribution in [-0.2, 0) is 22.9 Å². The Bertz CT molecular complexity index is 1030. The molecule has 28 heavy (non-hydrogen) atoms. The number of aryl methyl sites for hydroxylation is 1. The Kier molecular flexibility index (Phi) is 4.74. The summed E-state index contributed by atoms with van der Waals surface area (Å²) in [6.45, 7) is 7.38.